The van der Waals surface area contributed by atoms with Gasteiger partial charge in [0.15, 0.2) is 0 Å². The first-order valence-electron chi connectivity index (χ1n) is 7.53. The van der Waals surface area contributed by atoms with E-state index in [2.05, 4.69) is 6.92 Å². The summed E-state index contributed by atoms with van der Waals surface area (Å²) in [6.07, 6.45) is 8.52. The molecule has 0 aromatic carbocycles. The Hall–Kier alpha value is -0.570. The van der Waals surface area contributed by atoms with Gasteiger partial charge >= 0.3 is 0 Å². The lowest BCUT2D eigenvalue weighted by Gasteiger charge is -2.46. The van der Waals surface area contributed by atoms with Crippen molar-refractivity contribution >= 4 is 5.91 Å². The molecule has 3 nitrogen and oxygen atoms in total. The van der Waals surface area contributed by atoms with Gasteiger partial charge in [-0.15, -0.1) is 0 Å². The molecule has 0 bridgehead atoms. The van der Waals surface area contributed by atoms with Crippen LogP contribution in [0.1, 0.15) is 58.8 Å². The molecule has 0 aromatic rings. The maximum atomic E-state index is 12.2. The van der Waals surface area contributed by atoms with Crippen molar-refractivity contribution in [2.24, 2.45) is 11.8 Å². The van der Waals surface area contributed by atoms with Crippen LogP contribution in [0, 0.1) is 11.8 Å². The van der Waals surface area contributed by atoms with Gasteiger partial charge in [-0.25, -0.2) is 0 Å². The second-order valence-electron chi connectivity index (χ2n) is 6.55. The number of aliphatic hydroxyl groups is 1. The van der Waals surface area contributed by atoms with Crippen molar-refractivity contribution in [3.8, 4) is 0 Å². The molecule has 18 heavy (non-hydrogen) atoms. The molecule has 0 unspecified atom stereocenters. The fourth-order valence-corrected chi connectivity index (χ4v) is 3.38. The first-order valence-corrected chi connectivity index (χ1v) is 7.53. The van der Waals surface area contributed by atoms with Crippen molar-refractivity contribution in [1.29, 1.82) is 0 Å². The van der Waals surface area contributed by atoms with Gasteiger partial charge in [0.1, 0.15) is 0 Å². The summed E-state index contributed by atoms with van der Waals surface area (Å²) in [6, 6.07) is 0. The van der Waals surface area contributed by atoms with E-state index in [1.165, 1.54) is 32.1 Å². The van der Waals surface area contributed by atoms with E-state index in [-0.39, 0.29) is 11.8 Å². The Morgan fingerprint density at radius 2 is 1.89 bits per heavy atom. The molecule has 2 rings (SSSR count). The van der Waals surface area contributed by atoms with Crippen molar-refractivity contribution in [2.45, 2.75) is 64.4 Å². The van der Waals surface area contributed by atoms with Crippen molar-refractivity contribution in [2.75, 3.05) is 13.1 Å². The number of likely N-dealkylation sites (tertiary alicyclic amines) is 1. The molecule has 2 fully saturated rings. The van der Waals surface area contributed by atoms with Crippen LogP contribution in [0.15, 0.2) is 0 Å². The largest absolute Gasteiger partial charge is 0.386 e. The molecule has 1 aliphatic carbocycles. The van der Waals surface area contributed by atoms with Crippen molar-refractivity contribution in [3.05, 3.63) is 0 Å². The first-order chi connectivity index (χ1) is 8.52. The van der Waals surface area contributed by atoms with E-state index in [1.807, 2.05) is 4.90 Å². The number of hydrogen-bond donors (Lipinski definition) is 1. The smallest absolute Gasteiger partial charge is 0.225 e. The Kier molecular flexibility index (Phi) is 4.31. The third-order valence-corrected chi connectivity index (χ3v) is 4.54. The molecule has 1 saturated carbocycles. The lowest BCUT2D eigenvalue weighted by atomic mass is 9.78. The zero-order chi connectivity index (χ0) is 13.2. The maximum absolute atomic E-state index is 12.2. The van der Waals surface area contributed by atoms with E-state index in [1.54, 1.807) is 6.92 Å². The lowest BCUT2D eigenvalue weighted by molar-refractivity contribution is -0.157. The van der Waals surface area contributed by atoms with Crippen molar-refractivity contribution < 1.29 is 9.90 Å². The molecule has 104 valence electrons. The molecule has 0 atom stereocenters. The summed E-state index contributed by atoms with van der Waals surface area (Å²) in [6.45, 7) is 5.10. The quantitative estimate of drug-likeness (QED) is 0.836. The minimum Gasteiger partial charge on any atom is -0.386 e. The van der Waals surface area contributed by atoms with Crippen LogP contribution in [-0.4, -0.2) is 34.6 Å². The van der Waals surface area contributed by atoms with Gasteiger partial charge in [0.2, 0.25) is 5.91 Å². The molecule has 2 aliphatic rings. The Morgan fingerprint density at radius 1 is 1.28 bits per heavy atom. The standard InChI is InChI=1S/C15H27NO2/c1-3-4-5-12-6-8-13(9-7-12)14(17)16-10-15(2,18)11-16/h12-13,18H,3-11H2,1-2H3. The number of hydrogen-bond acceptors (Lipinski definition) is 2. The van der Waals surface area contributed by atoms with Gasteiger partial charge in [0.25, 0.3) is 0 Å². The normalized spacial score (nSPS) is 30.9. The summed E-state index contributed by atoms with van der Waals surface area (Å²) in [5.41, 5.74) is -0.631. The van der Waals surface area contributed by atoms with Crippen LogP contribution >= 0.6 is 0 Å². The van der Waals surface area contributed by atoms with E-state index >= 15 is 0 Å². The SMILES string of the molecule is CCCCC1CCC(C(=O)N2CC(C)(O)C2)CC1. The molecular formula is C15H27NO2. The monoisotopic (exact) mass is 253 g/mol. The summed E-state index contributed by atoms with van der Waals surface area (Å²) in [5.74, 6) is 1.38. The van der Waals surface area contributed by atoms with Gasteiger partial charge in [-0.2, -0.15) is 0 Å². The van der Waals surface area contributed by atoms with Crippen LogP contribution in [0.2, 0.25) is 0 Å². The zero-order valence-electron chi connectivity index (χ0n) is 11.8. The van der Waals surface area contributed by atoms with Gasteiger partial charge in [-0.05, 0) is 38.5 Å². The third-order valence-electron chi connectivity index (χ3n) is 4.54. The summed E-state index contributed by atoms with van der Waals surface area (Å²) >= 11 is 0. The topological polar surface area (TPSA) is 40.5 Å². The van der Waals surface area contributed by atoms with Crippen LogP contribution < -0.4 is 0 Å². The van der Waals surface area contributed by atoms with E-state index in [4.69, 9.17) is 0 Å². The fraction of sp³-hybridized carbons (Fsp3) is 0.933. The average molecular weight is 253 g/mol. The minimum absolute atomic E-state index is 0.235. The first kappa shape index (κ1) is 13.9. The number of carbonyl (C=O) groups excluding carboxylic acids is 1. The Bertz CT molecular complexity index is 285. The number of nitrogens with zero attached hydrogens (tertiary/aromatic N) is 1. The second-order valence-corrected chi connectivity index (χ2v) is 6.55. The van der Waals surface area contributed by atoms with Gasteiger partial charge in [0.05, 0.1) is 18.7 Å². The Labute approximate surface area is 111 Å². The van der Waals surface area contributed by atoms with E-state index in [9.17, 15) is 9.90 Å². The average Bonchev–Trinajstić information content (AvgIpc) is 2.33. The highest BCUT2D eigenvalue weighted by Crippen LogP contribution is 2.34. The highest BCUT2D eigenvalue weighted by Gasteiger charge is 2.41. The molecule has 1 saturated heterocycles. The van der Waals surface area contributed by atoms with E-state index < -0.39 is 5.60 Å². The fourth-order valence-electron chi connectivity index (χ4n) is 3.38. The molecule has 1 N–H and O–H groups in total. The minimum atomic E-state index is -0.631. The lowest BCUT2D eigenvalue weighted by Crippen LogP contribution is -2.62. The molecule has 3 heteroatoms. The van der Waals surface area contributed by atoms with Crippen molar-refractivity contribution in [3.63, 3.8) is 0 Å². The molecule has 1 heterocycles. The maximum Gasteiger partial charge on any atom is 0.225 e. The molecule has 0 aromatic heterocycles. The predicted molar refractivity (Wildman–Crippen MR) is 72.2 cm³/mol. The van der Waals surface area contributed by atoms with Crippen LogP contribution in [0.4, 0.5) is 0 Å². The van der Waals surface area contributed by atoms with Gasteiger partial charge in [-0.1, -0.05) is 26.2 Å². The van der Waals surface area contributed by atoms with Crippen LogP contribution in [0.5, 0.6) is 0 Å². The molecule has 1 amide bonds. The third kappa shape index (κ3) is 3.25. The summed E-state index contributed by atoms with van der Waals surface area (Å²) < 4.78 is 0. The van der Waals surface area contributed by atoms with Crippen LogP contribution in [-0.2, 0) is 4.79 Å². The van der Waals surface area contributed by atoms with Crippen molar-refractivity contribution in [1.82, 2.24) is 4.90 Å². The molecular weight excluding hydrogens is 226 g/mol. The predicted octanol–water partition coefficient (Wildman–Crippen LogP) is 2.58. The molecule has 0 radical (unpaired) electrons. The molecule has 0 spiro atoms. The highest BCUT2D eigenvalue weighted by atomic mass is 16.3. The van der Waals surface area contributed by atoms with Gasteiger partial charge < -0.3 is 10.0 Å². The summed E-state index contributed by atoms with van der Waals surface area (Å²) in [5, 5.41) is 9.68. The van der Waals surface area contributed by atoms with Gasteiger partial charge in [0, 0.05) is 5.92 Å². The van der Waals surface area contributed by atoms with Crippen LogP contribution in [0.3, 0.4) is 0 Å². The van der Waals surface area contributed by atoms with Gasteiger partial charge in [-0.3, -0.25) is 4.79 Å². The highest BCUT2D eigenvalue weighted by molar-refractivity contribution is 5.80. The van der Waals surface area contributed by atoms with E-state index in [0.29, 0.717) is 13.1 Å². The number of rotatable bonds is 4. The molecule has 1 aliphatic heterocycles. The number of carbonyl (C=O) groups is 1. The second kappa shape index (κ2) is 5.60. The van der Waals surface area contributed by atoms with Crippen LogP contribution in [0.25, 0.3) is 0 Å². The van der Waals surface area contributed by atoms with E-state index in [0.717, 1.165) is 18.8 Å². The summed E-state index contributed by atoms with van der Waals surface area (Å²) in [4.78, 5) is 14.0. The number of amides is 1. The summed E-state index contributed by atoms with van der Waals surface area (Å²) in [7, 11) is 0. The number of β-amino-alcohol motifs (C(OH)–C–C–N with tert-alkyl or cyclic N) is 1. The zero-order valence-corrected chi connectivity index (χ0v) is 11.8. The Morgan fingerprint density at radius 3 is 2.39 bits per heavy atom. The Balaban J connectivity index is 1.71. The number of unbranched alkanes of at least 4 members (excludes halogenated alkanes) is 1.